The second-order valence-electron chi connectivity index (χ2n) is 3.57. The van der Waals surface area contributed by atoms with Gasteiger partial charge in [0.15, 0.2) is 0 Å². The van der Waals surface area contributed by atoms with E-state index in [1.54, 1.807) is 0 Å². The van der Waals surface area contributed by atoms with Gasteiger partial charge in [0.05, 0.1) is 15.9 Å². The molecule has 96 valence electrons. The van der Waals surface area contributed by atoms with Gasteiger partial charge in [0.25, 0.3) is 0 Å². The maximum absolute atomic E-state index is 11.8. The molecule has 1 amide bonds. The van der Waals surface area contributed by atoms with E-state index in [0.717, 1.165) is 0 Å². The monoisotopic (exact) mass is 257 g/mol. The number of nitrogens with one attached hydrogen (secondary N) is 1. The largest absolute Gasteiger partial charge is 0.471 e. The number of carbonyl (C=O) groups is 1. The van der Waals surface area contributed by atoms with Crippen molar-refractivity contribution >= 4 is 5.91 Å². The molecule has 0 radical (unpaired) electrons. The molecule has 0 heterocycles. The highest BCUT2D eigenvalue weighted by atomic mass is 19.4. The highest BCUT2D eigenvalue weighted by Gasteiger charge is 2.67. The van der Waals surface area contributed by atoms with Gasteiger partial charge in [0, 0.05) is 0 Å². The first-order valence-corrected chi connectivity index (χ1v) is 4.26. The van der Waals surface area contributed by atoms with E-state index in [1.807, 2.05) is 0 Å². The zero-order valence-electron chi connectivity index (χ0n) is 8.06. The molecule has 1 saturated carbocycles. The molecule has 0 atom stereocenters. The van der Waals surface area contributed by atoms with Gasteiger partial charge in [-0.15, -0.1) is 0 Å². The SMILES string of the molecule is O=C(NC1CC([N+](=O)[O-])([N+](=O)[O-])C1)C(F)(F)F. The standard InChI is InChI=1S/C6H6F3N3O5/c7-6(8,9)4(13)10-3-1-5(2-3,11(14)15)12(16)17/h3H,1-2H2,(H,10,13). The lowest BCUT2D eigenvalue weighted by molar-refractivity contribution is -0.812. The van der Waals surface area contributed by atoms with Crippen LogP contribution in [0, 0.1) is 20.2 Å². The molecule has 8 nitrogen and oxygen atoms in total. The van der Waals surface area contributed by atoms with Gasteiger partial charge in [-0.05, 0) is 0 Å². The van der Waals surface area contributed by atoms with Crippen molar-refractivity contribution in [3.63, 3.8) is 0 Å². The van der Waals surface area contributed by atoms with E-state index in [4.69, 9.17) is 0 Å². The highest BCUT2D eigenvalue weighted by molar-refractivity contribution is 5.82. The van der Waals surface area contributed by atoms with Crippen LogP contribution in [0.25, 0.3) is 0 Å². The van der Waals surface area contributed by atoms with Gasteiger partial charge in [-0.1, -0.05) is 0 Å². The van der Waals surface area contributed by atoms with Crippen molar-refractivity contribution in [1.29, 1.82) is 0 Å². The fourth-order valence-electron chi connectivity index (χ4n) is 1.46. The van der Waals surface area contributed by atoms with Gasteiger partial charge < -0.3 is 5.32 Å². The summed E-state index contributed by atoms with van der Waals surface area (Å²) in [6.07, 6.45) is -6.62. The number of nitro groups is 2. The normalized spacial score (nSPS) is 19.2. The number of hydrogen-bond acceptors (Lipinski definition) is 5. The number of alkyl halides is 3. The van der Waals surface area contributed by atoms with E-state index < -0.39 is 46.5 Å². The Morgan fingerprint density at radius 1 is 1.24 bits per heavy atom. The minimum absolute atomic E-state index is 0.755. The Morgan fingerprint density at radius 3 is 1.94 bits per heavy atom. The van der Waals surface area contributed by atoms with Crippen molar-refractivity contribution < 1.29 is 27.8 Å². The molecule has 0 aliphatic heterocycles. The number of carbonyl (C=O) groups excluding carboxylic acids is 1. The van der Waals surface area contributed by atoms with Crippen LogP contribution >= 0.6 is 0 Å². The summed E-state index contributed by atoms with van der Waals surface area (Å²) < 4.78 is 35.4. The van der Waals surface area contributed by atoms with E-state index >= 15 is 0 Å². The molecule has 1 aliphatic rings. The number of amides is 1. The predicted octanol–water partition coefficient (Wildman–Crippen LogP) is 0.0770. The molecular formula is C6H6F3N3O5. The van der Waals surface area contributed by atoms with Gasteiger partial charge in [-0.2, -0.15) is 13.2 Å². The minimum atomic E-state index is -5.11. The van der Waals surface area contributed by atoms with Crippen molar-refractivity contribution in [2.24, 2.45) is 0 Å². The molecule has 0 aromatic rings. The van der Waals surface area contributed by atoms with Crippen LogP contribution in [0.1, 0.15) is 12.8 Å². The maximum Gasteiger partial charge on any atom is 0.471 e. The molecule has 0 saturated heterocycles. The van der Waals surface area contributed by atoms with Crippen LogP contribution in [0.2, 0.25) is 0 Å². The second kappa shape index (κ2) is 3.82. The van der Waals surface area contributed by atoms with Gasteiger partial charge in [-0.3, -0.25) is 25.0 Å². The summed E-state index contributed by atoms with van der Waals surface area (Å²) in [5, 5.41) is 22.3. The minimum Gasteiger partial charge on any atom is -0.344 e. The molecule has 0 bridgehead atoms. The fourth-order valence-corrected chi connectivity index (χ4v) is 1.46. The fraction of sp³-hybridized carbons (Fsp3) is 0.833. The Morgan fingerprint density at radius 2 is 1.65 bits per heavy atom. The van der Waals surface area contributed by atoms with Crippen LogP contribution in [-0.2, 0) is 4.79 Å². The summed E-state index contributed by atoms with van der Waals surface area (Å²) in [5.41, 5.74) is -2.48. The molecule has 0 aromatic heterocycles. The average Bonchev–Trinajstić information content (AvgIpc) is 2.06. The predicted molar refractivity (Wildman–Crippen MR) is 43.9 cm³/mol. The molecular weight excluding hydrogens is 251 g/mol. The summed E-state index contributed by atoms with van der Waals surface area (Å²) in [6, 6.07) is -1.21. The number of rotatable bonds is 3. The third-order valence-electron chi connectivity index (χ3n) is 2.42. The van der Waals surface area contributed by atoms with Gasteiger partial charge in [-0.25, -0.2) is 0 Å². The summed E-state index contributed by atoms with van der Waals surface area (Å²) >= 11 is 0. The van der Waals surface area contributed by atoms with Gasteiger partial charge in [0.2, 0.25) is 0 Å². The quantitative estimate of drug-likeness (QED) is 0.436. The molecule has 0 spiro atoms. The zero-order valence-corrected chi connectivity index (χ0v) is 8.06. The second-order valence-corrected chi connectivity index (χ2v) is 3.57. The summed E-state index contributed by atoms with van der Waals surface area (Å²) in [7, 11) is 0. The summed E-state index contributed by atoms with van der Waals surface area (Å²) in [4.78, 5) is 28.9. The van der Waals surface area contributed by atoms with E-state index in [1.165, 1.54) is 5.32 Å². The first kappa shape index (κ1) is 13.1. The van der Waals surface area contributed by atoms with Crippen molar-refractivity contribution in [2.75, 3.05) is 0 Å². The Balaban J connectivity index is 2.60. The van der Waals surface area contributed by atoms with Crippen molar-refractivity contribution in [3.8, 4) is 0 Å². The molecule has 1 fully saturated rings. The van der Waals surface area contributed by atoms with Crippen LogP contribution in [-0.4, -0.2) is 33.6 Å². The Kier molecular flexibility index (Phi) is 2.95. The lowest BCUT2D eigenvalue weighted by atomic mass is 9.80. The molecule has 17 heavy (non-hydrogen) atoms. The van der Waals surface area contributed by atoms with Crippen molar-refractivity contribution in [1.82, 2.24) is 5.32 Å². The first-order chi connectivity index (χ1) is 7.59. The van der Waals surface area contributed by atoms with Crippen molar-refractivity contribution in [3.05, 3.63) is 20.2 Å². The molecule has 1 aliphatic carbocycles. The molecule has 11 heteroatoms. The Labute approximate surface area is 91.1 Å². The molecule has 0 unspecified atom stereocenters. The molecule has 1 N–H and O–H groups in total. The number of halogens is 3. The Bertz CT molecular complexity index is 360. The molecule has 0 aromatic carbocycles. The summed E-state index contributed by atoms with van der Waals surface area (Å²) in [5.74, 6) is -2.26. The van der Waals surface area contributed by atoms with Gasteiger partial charge in [0.1, 0.15) is 12.8 Å². The number of hydrogen-bond donors (Lipinski definition) is 1. The van der Waals surface area contributed by atoms with E-state index in [-0.39, 0.29) is 0 Å². The van der Waals surface area contributed by atoms with Crippen LogP contribution in [0.5, 0.6) is 0 Å². The van der Waals surface area contributed by atoms with Crippen LogP contribution in [0.3, 0.4) is 0 Å². The molecule has 1 rings (SSSR count). The maximum atomic E-state index is 11.8. The van der Waals surface area contributed by atoms with Crippen molar-refractivity contribution in [2.45, 2.75) is 30.7 Å². The van der Waals surface area contributed by atoms with E-state index in [2.05, 4.69) is 0 Å². The number of nitrogens with zero attached hydrogens (tertiary/aromatic N) is 2. The highest BCUT2D eigenvalue weighted by Crippen LogP contribution is 2.36. The van der Waals surface area contributed by atoms with E-state index in [0.29, 0.717) is 0 Å². The lowest BCUT2D eigenvalue weighted by Crippen LogP contribution is -2.64. The lowest BCUT2D eigenvalue weighted by Gasteiger charge is -2.33. The Hall–Kier alpha value is -1.94. The third kappa shape index (κ3) is 2.26. The average molecular weight is 257 g/mol. The smallest absolute Gasteiger partial charge is 0.344 e. The van der Waals surface area contributed by atoms with Gasteiger partial charge >= 0.3 is 17.7 Å². The third-order valence-corrected chi connectivity index (χ3v) is 2.42. The topological polar surface area (TPSA) is 115 Å². The van der Waals surface area contributed by atoms with Crippen LogP contribution in [0.15, 0.2) is 0 Å². The zero-order chi connectivity index (χ0) is 13.4. The summed E-state index contributed by atoms with van der Waals surface area (Å²) in [6.45, 7) is 0. The van der Waals surface area contributed by atoms with Crippen LogP contribution in [0.4, 0.5) is 13.2 Å². The van der Waals surface area contributed by atoms with Crippen LogP contribution < -0.4 is 5.32 Å². The van der Waals surface area contributed by atoms with E-state index in [9.17, 15) is 38.2 Å². The first-order valence-electron chi connectivity index (χ1n) is 4.26.